The number of hydrogen-bond donors (Lipinski definition) is 1. The van der Waals surface area contributed by atoms with Crippen molar-refractivity contribution in [3.8, 4) is 5.75 Å². The lowest BCUT2D eigenvalue weighted by Crippen LogP contribution is -2.14. The number of pyridine rings is 1. The van der Waals surface area contributed by atoms with Crippen LogP contribution in [0.5, 0.6) is 5.75 Å². The minimum absolute atomic E-state index is 0.218. The Balaban J connectivity index is 2.58. The van der Waals surface area contributed by atoms with E-state index in [9.17, 15) is 4.79 Å². The molecule has 0 saturated heterocycles. The second kappa shape index (κ2) is 5.04. The summed E-state index contributed by atoms with van der Waals surface area (Å²) >= 11 is 0. The third-order valence-corrected chi connectivity index (χ3v) is 2.67. The number of nitrogens with zero attached hydrogens (tertiary/aromatic N) is 1. The minimum Gasteiger partial charge on any atom is -0.494 e. The Hall–Kier alpha value is -2.10. The molecule has 0 fully saturated rings. The SMILES string of the molecule is CCOc1ccc2nc(C)cc(CC(N)=O)c2c1. The van der Waals surface area contributed by atoms with Gasteiger partial charge < -0.3 is 10.5 Å². The molecule has 1 aromatic carbocycles. The summed E-state index contributed by atoms with van der Waals surface area (Å²) in [6, 6.07) is 7.58. The summed E-state index contributed by atoms with van der Waals surface area (Å²) in [5, 5.41) is 0.922. The van der Waals surface area contributed by atoms with Crippen LogP contribution in [-0.4, -0.2) is 17.5 Å². The van der Waals surface area contributed by atoms with Gasteiger partial charge in [0.15, 0.2) is 0 Å². The highest BCUT2D eigenvalue weighted by atomic mass is 16.5. The second-order valence-corrected chi connectivity index (χ2v) is 4.18. The van der Waals surface area contributed by atoms with Gasteiger partial charge in [-0.25, -0.2) is 0 Å². The van der Waals surface area contributed by atoms with E-state index in [4.69, 9.17) is 10.5 Å². The third kappa shape index (κ3) is 2.59. The predicted octanol–water partition coefficient (Wildman–Crippen LogP) is 1.97. The summed E-state index contributed by atoms with van der Waals surface area (Å²) in [7, 11) is 0. The van der Waals surface area contributed by atoms with Crippen LogP contribution < -0.4 is 10.5 Å². The number of rotatable bonds is 4. The first-order valence-corrected chi connectivity index (χ1v) is 5.91. The maximum Gasteiger partial charge on any atom is 0.221 e. The molecule has 18 heavy (non-hydrogen) atoms. The van der Waals surface area contributed by atoms with E-state index in [-0.39, 0.29) is 12.3 Å². The molecule has 4 nitrogen and oxygen atoms in total. The highest BCUT2D eigenvalue weighted by molar-refractivity contribution is 5.88. The van der Waals surface area contributed by atoms with Crippen LogP contribution in [0.15, 0.2) is 24.3 Å². The van der Waals surface area contributed by atoms with Gasteiger partial charge in [0.2, 0.25) is 5.91 Å². The number of carbonyl (C=O) groups is 1. The zero-order valence-corrected chi connectivity index (χ0v) is 10.6. The van der Waals surface area contributed by atoms with Gasteiger partial charge in [-0.3, -0.25) is 9.78 Å². The van der Waals surface area contributed by atoms with E-state index >= 15 is 0 Å². The molecular formula is C14H16N2O2. The van der Waals surface area contributed by atoms with Crippen LogP contribution in [0, 0.1) is 6.92 Å². The van der Waals surface area contributed by atoms with Crippen molar-refractivity contribution in [1.29, 1.82) is 0 Å². The van der Waals surface area contributed by atoms with Crippen molar-refractivity contribution < 1.29 is 9.53 Å². The van der Waals surface area contributed by atoms with Gasteiger partial charge in [-0.15, -0.1) is 0 Å². The van der Waals surface area contributed by atoms with Crippen LogP contribution in [0.4, 0.5) is 0 Å². The first kappa shape index (κ1) is 12.4. The van der Waals surface area contributed by atoms with Crippen molar-refractivity contribution in [2.24, 2.45) is 5.73 Å². The van der Waals surface area contributed by atoms with E-state index < -0.39 is 0 Å². The molecule has 1 heterocycles. The largest absolute Gasteiger partial charge is 0.494 e. The topological polar surface area (TPSA) is 65.2 Å². The van der Waals surface area contributed by atoms with Crippen LogP contribution >= 0.6 is 0 Å². The molecule has 1 amide bonds. The molecule has 0 saturated carbocycles. The third-order valence-electron chi connectivity index (χ3n) is 2.67. The lowest BCUT2D eigenvalue weighted by atomic mass is 10.0. The molecule has 0 aliphatic carbocycles. The number of amides is 1. The number of aromatic nitrogens is 1. The van der Waals surface area contributed by atoms with Crippen molar-refractivity contribution >= 4 is 16.8 Å². The molecule has 0 atom stereocenters. The molecule has 1 aromatic heterocycles. The zero-order chi connectivity index (χ0) is 13.1. The molecule has 0 bridgehead atoms. The monoisotopic (exact) mass is 244 g/mol. The number of hydrogen-bond acceptors (Lipinski definition) is 3. The summed E-state index contributed by atoms with van der Waals surface area (Å²) in [6.45, 7) is 4.44. The molecule has 94 valence electrons. The Morgan fingerprint density at radius 2 is 2.17 bits per heavy atom. The van der Waals surface area contributed by atoms with Gasteiger partial charge in [-0.05, 0) is 43.7 Å². The van der Waals surface area contributed by atoms with Crippen LogP contribution in [0.1, 0.15) is 18.2 Å². The quantitative estimate of drug-likeness (QED) is 0.894. The van der Waals surface area contributed by atoms with Gasteiger partial charge in [-0.1, -0.05) is 0 Å². The van der Waals surface area contributed by atoms with Gasteiger partial charge in [0.05, 0.1) is 18.5 Å². The number of primary amides is 1. The highest BCUT2D eigenvalue weighted by Gasteiger charge is 2.08. The summed E-state index contributed by atoms with van der Waals surface area (Å²) < 4.78 is 5.46. The maximum atomic E-state index is 11.1. The normalized spacial score (nSPS) is 10.6. The highest BCUT2D eigenvalue weighted by Crippen LogP contribution is 2.24. The zero-order valence-electron chi connectivity index (χ0n) is 10.6. The Morgan fingerprint density at radius 1 is 1.39 bits per heavy atom. The molecule has 0 unspecified atom stereocenters. The molecule has 0 spiro atoms. The van der Waals surface area contributed by atoms with Crippen molar-refractivity contribution in [3.05, 3.63) is 35.5 Å². The summed E-state index contributed by atoms with van der Waals surface area (Å²) in [5.74, 6) is 0.435. The van der Waals surface area contributed by atoms with Crippen molar-refractivity contribution in [1.82, 2.24) is 4.98 Å². The number of fused-ring (bicyclic) bond motifs is 1. The van der Waals surface area contributed by atoms with Gasteiger partial charge in [-0.2, -0.15) is 0 Å². The van der Waals surface area contributed by atoms with Gasteiger partial charge in [0.25, 0.3) is 0 Å². The summed E-state index contributed by atoms with van der Waals surface area (Å²) in [6.07, 6.45) is 0.218. The molecule has 0 aliphatic heterocycles. The molecule has 2 rings (SSSR count). The smallest absolute Gasteiger partial charge is 0.221 e. The van der Waals surface area contributed by atoms with E-state index in [0.717, 1.165) is 27.9 Å². The van der Waals surface area contributed by atoms with Crippen LogP contribution in [0.2, 0.25) is 0 Å². The number of benzene rings is 1. The molecule has 0 radical (unpaired) electrons. The number of aryl methyl sites for hydroxylation is 1. The Bertz CT molecular complexity index is 594. The first-order valence-electron chi connectivity index (χ1n) is 5.91. The van der Waals surface area contributed by atoms with Crippen LogP contribution in [-0.2, 0) is 11.2 Å². The second-order valence-electron chi connectivity index (χ2n) is 4.18. The standard InChI is InChI=1S/C14H16N2O2/c1-3-18-11-4-5-13-12(8-11)10(7-14(15)17)6-9(2)16-13/h4-6,8H,3,7H2,1-2H3,(H2,15,17). The molecule has 2 aromatic rings. The molecule has 4 heteroatoms. The number of carbonyl (C=O) groups excluding carboxylic acids is 1. The van der Waals surface area contributed by atoms with Crippen molar-refractivity contribution in [2.75, 3.05) is 6.61 Å². The number of ether oxygens (including phenoxy) is 1. The van der Waals surface area contributed by atoms with Crippen LogP contribution in [0.3, 0.4) is 0 Å². The fourth-order valence-corrected chi connectivity index (χ4v) is 2.01. The van der Waals surface area contributed by atoms with Gasteiger partial charge in [0.1, 0.15) is 5.75 Å². The molecular weight excluding hydrogens is 228 g/mol. The average Bonchev–Trinajstić information content (AvgIpc) is 2.29. The summed E-state index contributed by atoms with van der Waals surface area (Å²) in [4.78, 5) is 15.5. The predicted molar refractivity (Wildman–Crippen MR) is 70.5 cm³/mol. The lowest BCUT2D eigenvalue weighted by Gasteiger charge is -2.09. The Morgan fingerprint density at radius 3 is 2.83 bits per heavy atom. The van der Waals surface area contributed by atoms with E-state index in [1.807, 2.05) is 38.1 Å². The van der Waals surface area contributed by atoms with Crippen molar-refractivity contribution in [3.63, 3.8) is 0 Å². The Labute approximate surface area is 106 Å². The average molecular weight is 244 g/mol. The fourth-order valence-electron chi connectivity index (χ4n) is 2.01. The maximum absolute atomic E-state index is 11.1. The lowest BCUT2D eigenvalue weighted by molar-refractivity contribution is -0.117. The summed E-state index contributed by atoms with van der Waals surface area (Å²) in [5.41, 5.74) is 7.90. The van der Waals surface area contributed by atoms with E-state index in [1.54, 1.807) is 0 Å². The van der Waals surface area contributed by atoms with Crippen molar-refractivity contribution in [2.45, 2.75) is 20.3 Å². The van der Waals surface area contributed by atoms with E-state index in [2.05, 4.69) is 4.98 Å². The first-order chi connectivity index (χ1) is 8.60. The van der Waals surface area contributed by atoms with Crippen LogP contribution in [0.25, 0.3) is 10.9 Å². The van der Waals surface area contributed by atoms with Gasteiger partial charge >= 0.3 is 0 Å². The van der Waals surface area contributed by atoms with E-state index in [1.165, 1.54) is 0 Å². The number of nitrogens with two attached hydrogens (primary N) is 1. The molecule has 0 aliphatic rings. The molecule has 2 N–H and O–H groups in total. The fraction of sp³-hybridized carbons (Fsp3) is 0.286. The van der Waals surface area contributed by atoms with Gasteiger partial charge in [0, 0.05) is 11.1 Å². The Kier molecular flexibility index (Phi) is 3.46. The van der Waals surface area contributed by atoms with E-state index in [0.29, 0.717) is 6.61 Å². The minimum atomic E-state index is -0.344.